The van der Waals surface area contributed by atoms with Gasteiger partial charge in [0.25, 0.3) is 5.91 Å². The zero-order valence-electron chi connectivity index (χ0n) is 11.2. The van der Waals surface area contributed by atoms with Crippen molar-refractivity contribution in [1.29, 1.82) is 0 Å². The highest BCUT2D eigenvalue weighted by Crippen LogP contribution is 2.18. The molecule has 108 valence electrons. The molecule has 1 atom stereocenters. The van der Waals surface area contributed by atoms with Crippen LogP contribution < -0.4 is 10.2 Å². The number of hydrogen-bond acceptors (Lipinski definition) is 5. The topological polar surface area (TPSA) is 91.8 Å². The van der Waals surface area contributed by atoms with Crippen LogP contribution in [0.5, 0.6) is 0 Å². The molecule has 0 bridgehead atoms. The second kappa shape index (κ2) is 6.33. The summed E-state index contributed by atoms with van der Waals surface area (Å²) in [5.41, 5.74) is 0.377. The molecule has 1 unspecified atom stereocenters. The highest BCUT2D eigenvalue weighted by Gasteiger charge is 2.22. The van der Waals surface area contributed by atoms with Gasteiger partial charge in [-0.1, -0.05) is 0 Å². The predicted octanol–water partition coefficient (Wildman–Crippen LogP) is 0.121. The third-order valence-corrected chi connectivity index (χ3v) is 3.06. The molecule has 2 N–H and O–H groups in total. The average molecular weight is 279 g/mol. The van der Waals surface area contributed by atoms with Crippen LogP contribution in [0.2, 0.25) is 0 Å². The maximum absolute atomic E-state index is 12.2. The maximum atomic E-state index is 12.2. The Morgan fingerprint density at radius 1 is 1.45 bits per heavy atom. The van der Waals surface area contributed by atoms with Crippen molar-refractivity contribution in [2.75, 3.05) is 31.2 Å². The highest BCUT2D eigenvalue weighted by atomic mass is 16.5. The SMILES string of the molecule is CC(NC(=O)c1cccnc1N1CCOCC1)C(=O)O. The van der Waals surface area contributed by atoms with Crippen molar-refractivity contribution in [2.45, 2.75) is 13.0 Å². The Morgan fingerprint density at radius 3 is 2.80 bits per heavy atom. The molecule has 20 heavy (non-hydrogen) atoms. The van der Waals surface area contributed by atoms with E-state index in [9.17, 15) is 9.59 Å². The van der Waals surface area contributed by atoms with Crippen LogP contribution in [0, 0.1) is 0 Å². The minimum atomic E-state index is -1.07. The van der Waals surface area contributed by atoms with Gasteiger partial charge in [-0.25, -0.2) is 4.98 Å². The first-order valence-electron chi connectivity index (χ1n) is 6.41. The molecule has 0 saturated carbocycles. The fraction of sp³-hybridized carbons (Fsp3) is 0.462. The Balaban J connectivity index is 2.18. The molecule has 1 saturated heterocycles. The van der Waals surface area contributed by atoms with Gasteiger partial charge in [0.15, 0.2) is 0 Å². The molecule has 1 aliphatic rings. The number of carbonyl (C=O) groups is 2. The number of anilines is 1. The Bertz CT molecular complexity index is 500. The standard InChI is InChI=1S/C13H17N3O4/c1-9(13(18)19)15-12(17)10-3-2-4-14-11(10)16-5-7-20-8-6-16/h2-4,9H,5-8H2,1H3,(H,15,17)(H,18,19). The third-order valence-electron chi connectivity index (χ3n) is 3.06. The molecule has 1 aliphatic heterocycles. The lowest BCUT2D eigenvalue weighted by molar-refractivity contribution is -0.138. The molecule has 7 nitrogen and oxygen atoms in total. The Morgan fingerprint density at radius 2 is 2.15 bits per heavy atom. The van der Waals surface area contributed by atoms with Gasteiger partial charge in [0.1, 0.15) is 11.9 Å². The van der Waals surface area contributed by atoms with E-state index in [4.69, 9.17) is 9.84 Å². The highest BCUT2D eigenvalue weighted by molar-refractivity contribution is 6.00. The minimum absolute atomic E-state index is 0.377. The number of carbonyl (C=O) groups excluding carboxylic acids is 1. The summed E-state index contributed by atoms with van der Waals surface area (Å²) < 4.78 is 5.27. The van der Waals surface area contributed by atoms with E-state index in [-0.39, 0.29) is 0 Å². The number of hydrogen-bond donors (Lipinski definition) is 2. The van der Waals surface area contributed by atoms with Crippen molar-refractivity contribution >= 4 is 17.7 Å². The predicted molar refractivity (Wildman–Crippen MR) is 71.8 cm³/mol. The smallest absolute Gasteiger partial charge is 0.325 e. The van der Waals surface area contributed by atoms with Gasteiger partial charge in [-0.15, -0.1) is 0 Å². The number of carboxylic acid groups (broad SMARTS) is 1. The van der Waals surface area contributed by atoms with Gasteiger partial charge in [0.05, 0.1) is 18.8 Å². The zero-order chi connectivity index (χ0) is 14.5. The van der Waals surface area contributed by atoms with Crippen molar-refractivity contribution in [3.63, 3.8) is 0 Å². The van der Waals surface area contributed by atoms with Gasteiger partial charge in [-0.2, -0.15) is 0 Å². The summed E-state index contributed by atoms with van der Waals surface area (Å²) in [5, 5.41) is 11.3. The van der Waals surface area contributed by atoms with Crippen LogP contribution in [-0.4, -0.2) is 54.3 Å². The van der Waals surface area contributed by atoms with Crippen LogP contribution in [-0.2, 0) is 9.53 Å². The molecule has 1 aromatic rings. The van der Waals surface area contributed by atoms with Crippen LogP contribution >= 0.6 is 0 Å². The summed E-state index contributed by atoms with van der Waals surface area (Å²) in [6.45, 7) is 3.91. The third kappa shape index (κ3) is 3.24. The lowest BCUT2D eigenvalue weighted by Gasteiger charge is -2.29. The number of nitrogens with zero attached hydrogens (tertiary/aromatic N) is 2. The van der Waals surface area contributed by atoms with Crippen LogP contribution in [0.25, 0.3) is 0 Å². The van der Waals surface area contributed by atoms with E-state index in [1.165, 1.54) is 6.92 Å². The summed E-state index contributed by atoms with van der Waals surface area (Å²) in [4.78, 5) is 29.1. The summed E-state index contributed by atoms with van der Waals surface area (Å²) >= 11 is 0. The van der Waals surface area contributed by atoms with Gasteiger partial charge in [0, 0.05) is 19.3 Å². The van der Waals surface area contributed by atoms with Crippen LogP contribution in [0.3, 0.4) is 0 Å². The molecule has 0 aliphatic carbocycles. The number of ether oxygens (including phenoxy) is 1. The first kappa shape index (κ1) is 14.3. The van der Waals surface area contributed by atoms with Gasteiger partial charge in [0.2, 0.25) is 0 Å². The molecule has 0 radical (unpaired) electrons. The minimum Gasteiger partial charge on any atom is -0.480 e. The monoisotopic (exact) mass is 279 g/mol. The van der Waals surface area contributed by atoms with Crippen LogP contribution in [0.15, 0.2) is 18.3 Å². The molecule has 1 aromatic heterocycles. The normalized spacial score (nSPS) is 16.6. The first-order valence-corrected chi connectivity index (χ1v) is 6.41. The average Bonchev–Trinajstić information content (AvgIpc) is 2.48. The number of aromatic nitrogens is 1. The van der Waals surface area contributed by atoms with Gasteiger partial charge in [-0.3, -0.25) is 9.59 Å². The molecule has 2 heterocycles. The molecule has 0 spiro atoms. The van der Waals surface area contributed by atoms with Crippen LogP contribution in [0.4, 0.5) is 5.82 Å². The Kier molecular flexibility index (Phi) is 4.52. The lowest BCUT2D eigenvalue weighted by atomic mass is 10.2. The summed E-state index contributed by atoms with van der Waals surface area (Å²) in [6.07, 6.45) is 1.61. The van der Waals surface area contributed by atoms with E-state index in [0.717, 1.165) is 0 Å². The quantitative estimate of drug-likeness (QED) is 0.813. The second-order valence-electron chi connectivity index (χ2n) is 4.51. The van der Waals surface area contributed by atoms with E-state index in [2.05, 4.69) is 10.3 Å². The lowest BCUT2D eigenvalue weighted by Crippen LogP contribution is -2.41. The number of amides is 1. The van der Waals surface area contributed by atoms with Crippen molar-refractivity contribution in [1.82, 2.24) is 10.3 Å². The van der Waals surface area contributed by atoms with Crippen molar-refractivity contribution in [3.8, 4) is 0 Å². The number of rotatable bonds is 4. The maximum Gasteiger partial charge on any atom is 0.325 e. The molecule has 2 rings (SSSR count). The van der Waals surface area contributed by atoms with Gasteiger partial charge < -0.3 is 20.1 Å². The largest absolute Gasteiger partial charge is 0.480 e. The molecular weight excluding hydrogens is 262 g/mol. The van der Waals surface area contributed by atoms with Crippen molar-refractivity contribution < 1.29 is 19.4 Å². The van der Waals surface area contributed by atoms with Crippen LogP contribution in [0.1, 0.15) is 17.3 Å². The summed E-state index contributed by atoms with van der Waals surface area (Å²) in [7, 11) is 0. The second-order valence-corrected chi connectivity index (χ2v) is 4.51. The number of pyridine rings is 1. The Hall–Kier alpha value is -2.15. The fourth-order valence-corrected chi connectivity index (χ4v) is 1.94. The van der Waals surface area contributed by atoms with E-state index in [0.29, 0.717) is 37.7 Å². The zero-order valence-corrected chi connectivity index (χ0v) is 11.2. The Labute approximate surface area is 116 Å². The molecular formula is C13H17N3O4. The molecule has 1 amide bonds. The fourth-order valence-electron chi connectivity index (χ4n) is 1.94. The van der Waals surface area contributed by atoms with E-state index in [1.807, 2.05) is 4.90 Å². The molecule has 1 fully saturated rings. The summed E-state index contributed by atoms with van der Waals surface area (Å²) in [6, 6.07) is 2.35. The van der Waals surface area contributed by atoms with Gasteiger partial charge in [-0.05, 0) is 19.1 Å². The van der Waals surface area contributed by atoms with Crippen molar-refractivity contribution in [2.24, 2.45) is 0 Å². The van der Waals surface area contributed by atoms with Gasteiger partial charge >= 0.3 is 5.97 Å². The van der Waals surface area contributed by atoms with E-state index >= 15 is 0 Å². The number of nitrogens with one attached hydrogen (secondary N) is 1. The first-order chi connectivity index (χ1) is 9.59. The summed E-state index contributed by atoms with van der Waals surface area (Å²) in [5.74, 6) is -0.949. The number of aliphatic carboxylic acids is 1. The number of morpholine rings is 1. The van der Waals surface area contributed by atoms with E-state index < -0.39 is 17.9 Å². The van der Waals surface area contributed by atoms with E-state index in [1.54, 1.807) is 18.3 Å². The van der Waals surface area contributed by atoms with Crippen molar-refractivity contribution in [3.05, 3.63) is 23.9 Å². The number of carboxylic acids is 1. The molecule has 0 aromatic carbocycles. The molecule has 7 heteroatoms.